The SMILES string of the molecule is CCCN(CC(C)(C)CN)C1CCCC(C)C1C. The fourth-order valence-corrected chi connectivity index (χ4v) is 3.33. The maximum atomic E-state index is 5.92. The van der Waals surface area contributed by atoms with Gasteiger partial charge in [-0.25, -0.2) is 0 Å². The topological polar surface area (TPSA) is 29.3 Å². The van der Waals surface area contributed by atoms with Crippen LogP contribution < -0.4 is 5.73 Å². The highest BCUT2D eigenvalue weighted by atomic mass is 15.2. The van der Waals surface area contributed by atoms with Crippen molar-refractivity contribution in [2.75, 3.05) is 19.6 Å². The normalized spacial score (nSPS) is 29.8. The van der Waals surface area contributed by atoms with Crippen molar-refractivity contribution in [3.8, 4) is 0 Å². The van der Waals surface area contributed by atoms with Crippen LogP contribution in [0, 0.1) is 17.3 Å². The molecule has 3 atom stereocenters. The lowest BCUT2D eigenvalue weighted by atomic mass is 9.76. The zero-order valence-electron chi connectivity index (χ0n) is 13.2. The number of nitrogens with zero attached hydrogens (tertiary/aromatic N) is 1. The molecule has 0 radical (unpaired) electrons. The highest BCUT2D eigenvalue weighted by Crippen LogP contribution is 2.34. The Labute approximate surface area is 114 Å². The molecule has 0 aliphatic heterocycles. The van der Waals surface area contributed by atoms with Crippen LogP contribution in [0.1, 0.15) is 60.3 Å². The second-order valence-corrected chi connectivity index (χ2v) is 7.17. The van der Waals surface area contributed by atoms with Crippen LogP contribution in [0.15, 0.2) is 0 Å². The summed E-state index contributed by atoms with van der Waals surface area (Å²) in [5, 5.41) is 0. The fraction of sp³-hybridized carbons (Fsp3) is 1.00. The molecule has 2 N–H and O–H groups in total. The van der Waals surface area contributed by atoms with Gasteiger partial charge in [-0.1, -0.05) is 47.5 Å². The molecule has 2 nitrogen and oxygen atoms in total. The molecule has 2 heteroatoms. The third-order valence-electron chi connectivity index (χ3n) is 4.83. The standard InChI is InChI=1S/C16H34N2/c1-6-10-18(12-16(4,5)11-17)15-9-7-8-13(2)14(15)3/h13-15H,6-12,17H2,1-5H3. The Morgan fingerprint density at radius 2 is 1.89 bits per heavy atom. The van der Waals surface area contributed by atoms with E-state index in [0.29, 0.717) is 0 Å². The van der Waals surface area contributed by atoms with Crippen LogP contribution in [0.4, 0.5) is 0 Å². The van der Waals surface area contributed by atoms with E-state index >= 15 is 0 Å². The summed E-state index contributed by atoms with van der Waals surface area (Å²) in [6.45, 7) is 14.9. The lowest BCUT2D eigenvalue weighted by Gasteiger charge is -2.44. The van der Waals surface area contributed by atoms with Crippen molar-refractivity contribution in [1.29, 1.82) is 0 Å². The number of hydrogen-bond donors (Lipinski definition) is 1. The molecule has 0 spiro atoms. The molecule has 1 aliphatic rings. The quantitative estimate of drug-likeness (QED) is 0.786. The number of rotatable bonds is 6. The summed E-state index contributed by atoms with van der Waals surface area (Å²) in [5.41, 5.74) is 6.16. The van der Waals surface area contributed by atoms with Crippen molar-refractivity contribution in [2.24, 2.45) is 23.0 Å². The molecule has 0 saturated heterocycles. The van der Waals surface area contributed by atoms with Crippen LogP contribution in [0.25, 0.3) is 0 Å². The first-order valence-corrected chi connectivity index (χ1v) is 7.85. The van der Waals surface area contributed by atoms with Crippen LogP contribution in [0.3, 0.4) is 0 Å². The molecule has 0 bridgehead atoms. The summed E-state index contributed by atoms with van der Waals surface area (Å²) in [6, 6.07) is 0.777. The highest BCUT2D eigenvalue weighted by Gasteiger charge is 2.33. The van der Waals surface area contributed by atoms with E-state index in [4.69, 9.17) is 5.73 Å². The lowest BCUT2D eigenvalue weighted by molar-refractivity contribution is 0.0527. The first-order chi connectivity index (χ1) is 8.41. The van der Waals surface area contributed by atoms with Gasteiger partial charge in [0.25, 0.3) is 0 Å². The lowest BCUT2D eigenvalue weighted by Crippen LogP contribution is -2.49. The number of hydrogen-bond acceptors (Lipinski definition) is 2. The Bertz CT molecular complexity index is 237. The number of nitrogens with two attached hydrogens (primary N) is 1. The molecule has 1 saturated carbocycles. The molecule has 0 aromatic rings. The Morgan fingerprint density at radius 3 is 2.44 bits per heavy atom. The van der Waals surface area contributed by atoms with Gasteiger partial charge in [0.05, 0.1) is 0 Å². The monoisotopic (exact) mass is 254 g/mol. The van der Waals surface area contributed by atoms with E-state index in [-0.39, 0.29) is 5.41 Å². The molecule has 1 fully saturated rings. The van der Waals surface area contributed by atoms with E-state index in [0.717, 1.165) is 31.0 Å². The fourth-order valence-electron chi connectivity index (χ4n) is 3.33. The molecular formula is C16H34N2. The molecule has 1 aliphatic carbocycles. The largest absolute Gasteiger partial charge is 0.330 e. The Kier molecular flexibility index (Phi) is 6.13. The van der Waals surface area contributed by atoms with Gasteiger partial charge >= 0.3 is 0 Å². The van der Waals surface area contributed by atoms with E-state index in [1.165, 1.54) is 32.2 Å². The molecular weight excluding hydrogens is 220 g/mol. The molecule has 18 heavy (non-hydrogen) atoms. The smallest absolute Gasteiger partial charge is 0.0124 e. The molecule has 1 rings (SSSR count). The zero-order valence-corrected chi connectivity index (χ0v) is 13.2. The maximum absolute atomic E-state index is 5.92. The molecule has 0 heterocycles. The third-order valence-corrected chi connectivity index (χ3v) is 4.83. The van der Waals surface area contributed by atoms with Gasteiger partial charge in [0, 0.05) is 12.6 Å². The minimum atomic E-state index is 0.246. The van der Waals surface area contributed by atoms with Crippen molar-refractivity contribution >= 4 is 0 Å². The zero-order chi connectivity index (χ0) is 13.8. The third kappa shape index (κ3) is 4.24. The van der Waals surface area contributed by atoms with Crippen molar-refractivity contribution in [1.82, 2.24) is 4.90 Å². The van der Waals surface area contributed by atoms with E-state index < -0.39 is 0 Å². The molecule has 108 valence electrons. The van der Waals surface area contributed by atoms with E-state index in [1.807, 2.05) is 0 Å². The van der Waals surface area contributed by atoms with Crippen molar-refractivity contribution < 1.29 is 0 Å². The van der Waals surface area contributed by atoms with Crippen LogP contribution >= 0.6 is 0 Å². The van der Waals surface area contributed by atoms with Gasteiger partial charge in [-0.3, -0.25) is 4.90 Å². The van der Waals surface area contributed by atoms with Gasteiger partial charge < -0.3 is 5.73 Å². The van der Waals surface area contributed by atoms with Crippen molar-refractivity contribution in [3.05, 3.63) is 0 Å². The minimum Gasteiger partial charge on any atom is -0.330 e. The molecule has 0 aromatic heterocycles. The molecule has 3 unspecified atom stereocenters. The van der Waals surface area contributed by atoms with Gasteiger partial charge in [0.15, 0.2) is 0 Å². The van der Waals surface area contributed by atoms with Gasteiger partial charge in [-0.2, -0.15) is 0 Å². The minimum absolute atomic E-state index is 0.246. The molecule has 0 aromatic carbocycles. The first-order valence-electron chi connectivity index (χ1n) is 7.85. The summed E-state index contributed by atoms with van der Waals surface area (Å²) in [7, 11) is 0. The summed E-state index contributed by atoms with van der Waals surface area (Å²) in [4.78, 5) is 2.73. The van der Waals surface area contributed by atoms with Crippen LogP contribution in [-0.2, 0) is 0 Å². The summed E-state index contributed by atoms with van der Waals surface area (Å²) >= 11 is 0. The predicted octanol–water partition coefficient (Wildman–Crippen LogP) is 3.51. The van der Waals surface area contributed by atoms with E-state index in [9.17, 15) is 0 Å². The summed E-state index contributed by atoms with van der Waals surface area (Å²) in [6.07, 6.45) is 5.45. The Hall–Kier alpha value is -0.0800. The first kappa shape index (κ1) is 16.0. The maximum Gasteiger partial charge on any atom is 0.0124 e. The second-order valence-electron chi connectivity index (χ2n) is 7.17. The van der Waals surface area contributed by atoms with Crippen LogP contribution in [-0.4, -0.2) is 30.6 Å². The van der Waals surface area contributed by atoms with Crippen LogP contribution in [0.5, 0.6) is 0 Å². The summed E-state index contributed by atoms with van der Waals surface area (Å²) < 4.78 is 0. The predicted molar refractivity (Wildman–Crippen MR) is 80.7 cm³/mol. The molecule has 0 amide bonds. The van der Waals surface area contributed by atoms with E-state index in [1.54, 1.807) is 0 Å². The van der Waals surface area contributed by atoms with Crippen molar-refractivity contribution in [3.63, 3.8) is 0 Å². The van der Waals surface area contributed by atoms with Gasteiger partial charge in [-0.05, 0) is 43.2 Å². The van der Waals surface area contributed by atoms with Gasteiger partial charge in [0.1, 0.15) is 0 Å². The van der Waals surface area contributed by atoms with E-state index in [2.05, 4.69) is 39.5 Å². The van der Waals surface area contributed by atoms with Crippen molar-refractivity contribution in [2.45, 2.75) is 66.3 Å². The van der Waals surface area contributed by atoms with Gasteiger partial charge in [0.2, 0.25) is 0 Å². The Balaban J connectivity index is 2.70. The second kappa shape index (κ2) is 6.91. The van der Waals surface area contributed by atoms with Gasteiger partial charge in [-0.15, -0.1) is 0 Å². The average Bonchev–Trinajstić information content (AvgIpc) is 2.32. The average molecular weight is 254 g/mol. The highest BCUT2D eigenvalue weighted by molar-refractivity contribution is 4.87. The summed E-state index contributed by atoms with van der Waals surface area (Å²) in [5.74, 6) is 1.71. The van der Waals surface area contributed by atoms with Crippen LogP contribution in [0.2, 0.25) is 0 Å². The Morgan fingerprint density at radius 1 is 1.22 bits per heavy atom.